The van der Waals surface area contributed by atoms with Crippen LogP contribution in [0.4, 0.5) is 5.69 Å². The maximum Gasteiger partial charge on any atom is 0.310 e. The Morgan fingerprint density at radius 1 is 1.21 bits per heavy atom. The molecule has 0 radical (unpaired) electrons. The number of fused-ring (bicyclic) bond motifs is 1. The summed E-state index contributed by atoms with van der Waals surface area (Å²) in [5.41, 5.74) is 0.572. The molecule has 38 heavy (non-hydrogen) atoms. The molecule has 3 aliphatic heterocycles. The molecule has 3 aliphatic rings. The summed E-state index contributed by atoms with van der Waals surface area (Å²) in [5.74, 6) is -1.84. The van der Waals surface area contributed by atoms with Gasteiger partial charge in [0.15, 0.2) is 0 Å². The van der Waals surface area contributed by atoms with E-state index in [1.54, 1.807) is 45.8 Å². The van der Waals surface area contributed by atoms with Crippen LogP contribution in [0.2, 0.25) is 5.02 Å². The number of aliphatic hydroxyl groups excluding tert-OH is 1. The second-order valence-corrected chi connectivity index (χ2v) is 12.2. The molecule has 4 rings (SSSR count). The number of thioether (sulfide) groups is 1. The summed E-state index contributed by atoms with van der Waals surface area (Å²) in [6, 6.07) is 6.45. The number of hydrogen-bond acceptors (Lipinski definition) is 6. The zero-order chi connectivity index (χ0) is 27.3. The van der Waals surface area contributed by atoms with E-state index >= 15 is 0 Å². The summed E-state index contributed by atoms with van der Waals surface area (Å²) in [7, 11) is 0. The lowest BCUT2D eigenvalue weighted by atomic mass is 9.71. The van der Waals surface area contributed by atoms with Crippen molar-refractivity contribution < 1.29 is 24.2 Å². The fraction of sp³-hybridized carbons (Fsp3) is 0.552. The molecule has 1 aromatic rings. The quantitative estimate of drug-likeness (QED) is 0.203. The maximum atomic E-state index is 14.4. The van der Waals surface area contributed by atoms with Gasteiger partial charge in [-0.05, 0) is 57.1 Å². The van der Waals surface area contributed by atoms with Crippen LogP contribution in [-0.4, -0.2) is 70.1 Å². The van der Waals surface area contributed by atoms with E-state index in [2.05, 4.69) is 13.2 Å². The van der Waals surface area contributed by atoms with E-state index in [1.165, 1.54) is 0 Å². The van der Waals surface area contributed by atoms with Gasteiger partial charge in [-0.3, -0.25) is 14.4 Å². The van der Waals surface area contributed by atoms with E-state index in [0.29, 0.717) is 49.5 Å². The number of carbonyl (C=O) groups is 3. The lowest BCUT2D eigenvalue weighted by Gasteiger charge is -2.37. The Kier molecular flexibility index (Phi) is 9.60. The summed E-state index contributed by atoms with van der Waals surface area (Å²) in [6.45, 7) is 8.56. The Labute approximate surface area is 234 Å². The molecule has 0 aromatic heterocycles. The highest BCUT2D eigenvalue weighted by atomic mass is 35.5. The Bertz CT molecular complexity index is 1070. The molecule has 5 atom stereocenters. The third-order valence-electron chi connectivity index (χ3n) is 7.88. The van der Waals surface area contributed by atoms with Crippen molar-refractivity contribution >= 4 is 46.8 Å². The number of likely N-dealkylation sites (tertiary alicyclic amines) is 1. The number of carbonyl (C=O) groups excluding carboxylic acids is 3. The highest BCUT2D eigenvalue weighted by molar-refractivity contribution is 8.02. The van der Waals surface area contributed by atoms with E-state index in [9.17, 15) is 19.5 Å². The number of esters is 1. The molecule has 3 fully saturated rings. The van der Waals surface area contributed by atoms with Gasteiger partial charge in [-0.25, -0.2) is 0 Å². The highest BCUT2D eigenvalue weighted by Crippen LogP contribution is 2.66. The number of amides is 2. The first-order chi connectivity index (χ1) is 18.4. The Hall–Kier alpha value is -2.29. The topological polar surface area (TPSA) is 87.1 Å². The normalized spacial score (nSPS) is 27.3. The van der Waals surface area contributed by atoms with Gasteiger partial charge in [0.05, 0.1) is 33.9 Å². The molecule has 2 bridgehead atoms. The molecule has 2 amide bonds. The minimum absolute atomic E-state index is 0.0455. The first kappa shape index (κ1) is 28.7. The molecule has 7 nitrogen and oxygen atoms in total. The average molecular weight is 561 g/mol. The number of allylic oxidation sites excluding steroid dienone is 1. The van der Waals surface area contributed by atoms with Gasteiger partial charge in [0.1, 0.15) is 6.04 Å². The van der Waals surface area contributed by atoms with Crippen molar-refractivity contribution in [2.45, 2.75) is 61.0 Å². The first-order valence-electron chi connectivity index (χ1n) is 13.4. The second-order valence-electron chi connectivity index (χ2n) is 10.2. The third-order valence-corrected chi connectivity index (χ3v) is 10.2. The van der Waals surface area contributed by atoms with Crippen LogP contribution >= 0.6 is 23.4 Å². The highest BCUT2D eigenvalue weighted by Gasteiger charge is 2.74. The molecule has 0 aliphatic carbocycles. The zero-order valence-corrected chi connectivity index (χ0v) is 23.3. The van der Waals surface area contributed by atoms with Gasteiger partial charge in [-0.15, -0.1) is 24.9 Å². The lowest BCUT2D eigenvalue weighted by Crippen LogP contribution is -2.55. The molecular weight excluding hydrogens is 524 g/mol. The predicted octanol–water partition coefficient (Wildman–Crippen LogP) is 4.62. The van der Waals surface area contributed by atoms with Gasteiger partial charge in [0.25, 0.3) is 5.91 Å². The summed E-state index contributed by atoms with van der Waals surface area (Å²) in [5, 5.41) is 9.63. The monoisotopic (exact) mass is 560 g/mol. The molecule has 1 N–H and O–H groups in total. The van der Waals surface area contributed by atoms with Gasteiger partial charge in [0, 0.05) is 24.9 Å². The van der Waals surface area contributed by atoms with E-state index in [-0.39, 0.29) is 36.2 Å². The van der Waals surface area contributed by atoms with Crippen LogP contribution < -0.4 is 4.90 Å². The number of aliphatic hydroxyl groups is 1. The minimum Gasteiger partial charge on any atom is -0.465 e. The van der Waals surface area contributed by atoms with E-state index in [0.717, 1.165) is 19.3 Å². The fourth-order valence-electron chi connectivity index (χ4n) is 6.26. The number of anilines is 1. The maximum absolute atomic E-state index is 14.4. The molecule has 2 unspecified atom stereocenters. The number of rotatable bonds is 14. The predicted molar refractivity (Wildman–Crippen MR) is 151 cm³/mol. The Morgan fingerprint density at radius 2 is 2.00 bits per heavy atom. The molecule has 1 spiro atoms. The van der Waals surface area contributed by atoms with Crippen molar-refractivity contribution in [1.82, 2.24) is 4.90 Å². The van der Waals surface area contributed by atoms with E-state index in [1.807, 2.05) is 12.1 Å². The standard InChI is InChI=1S/C29H37ClN2O5S/c1-3-5-11-19-37-28(36)23-22-14-15-29(38-22)24(23)26(34)32(17-9-6-10-18-33)25(29)27(35)31(16-4-2)21-13-8-7-12-20(21)30/h3-4,7-8,12-13,22-25,33H,1-2,5-6,9-11,14-19H2/t22-,23+,24+,25?,29?/m1/s1. The summed E-state index contributed by atoms with van der Waals surface area (Å²) in [4.78, 5) is 45.1. The number of halogens is 1. The summed E-state index contributed by atoms with van der Waals surface area (Å²) in [6.07, 6.45) is 8.37. The van der Waals surface area contributed by atoms with Crippen LogP contribution in [0.25, 0.3) is 0 Å². The molecule has 0 saturated carbocycles. The van der Waals surface area contributed by atoms with Crippen LogP contribution in [0.3, 0.4) is 0 Å². The minimum atomic E-state index is -0.723. The van der Waals surface area contributed by atoms with Gasteiger partial charge < -0.3 is 19.6 Å². The van der Waals surface area contributed by atoms with Crippen molar-refractivity contribution in [1.29, 1.82) is 0 Å². The smallest absolute Gasteiger partial charge is 0.310 e. The Morgan fingerprint density at radius 3 is 2.71 bits per heavy atom. The van der Waals surface area contributed by atoms with E-state index < -0.39 is 22.6 Å². The third kappa shape index (κ3) is 5.27. The van der Waals surface area contributed by atoms with Crippen LogP contribution in [0.5, 0.6) is 0 Å². The van der Waals surface area contributed by atoms with Crippen molar-refractivity contribution in [3.8, 4) is 0 Å². The van der Waals surface area contributed by atoms with E-state index in [4.69, 9.17) is 16.3 Å². The van der Waals surface area contributed by atoms with Crippen molar-refractivity contribution in [3.05, 3.63) is 54.6 Å². The molecule has 1 aromatic carbocycles. The average Bonchev–Trinajstić information content (AvgIpc) is 3.55. The van der Waals surface area contributed by atoms with Gasteiger partial charge >= 0.3 is 5.97 Å². The SMILES string of the molecule is C=CCCCOC(=O)[C@@H]1[C@H]2C(=O)N(CCCCCO)C(C(=O)N(CC=C)c3ccccc3Cl)C23CC[C@H]1S3. The van der Waals surface area contributed by atoms with Crippen LogP contribution in [0, 0.1) is 11.8 Å². The number of benzene rings is 1. The van der Waals surface area contributed by atoms with Gasteiger partial charge in [0.2, 0.25) is 5.91 Å². The van der Waals surface area contributed by atoms with Crippen LogP contribution in [-0.2, 0) is 19.1 Å². The molecule has 9 heteroatoms. The summed E-state index contributed by atoms with van der Waals surface area (Å²) >= 11 is 8.13. The largest absolute Gasteiger partial charge is 0.465 e. The molecule has 206 valence electrons. The van der Waals surface area contributed by atoms with Gasteiger partial charge in [-0.2, -0.15) is 0 Å². The summed E-state index contributed by atoms with van der Waals surface area (Å²) < 4.78 is 4.93. The van der Waals surface area contributed by atoms with Crippen molar-refractivity contribution in [2.75, 3.05) is 31.2 Å². The van der Waals surface area contributed by atoms with Crippen molar-refractivity contribution in [3.63, 3.8) is 0 Å². The first-order valence-corrected chi connectivity index (χ1v) is 14.7. The number of nitrogens with zero attached hydrogens (tertiary/aromatic N) is 2. The lowest BCUT2D eigenvalue weighted by molar-refractivity contribution is -0.154. The number of ether oxygens (including phenoxy) is 1. The number of unbranched alkanes of at least 4 members (excludes halogenated alkanes) is 3. The molecular formula is C29H37ClN2O5S. The number of hydrogen-bond donors (Lipinski definition) is 1. The van der Waals surface area contributed by atoms with Crippen molar-refractivity contribution in [2.24, 2.45) is 11.8 Å². The fourth-order valence-corrected chi connectivity index (χ4v) is 8.70. The second kappa shape index (κ2) is 12.7. The van der Waals surface area contributed by atoms with Crippen LogP contribution in [0.15, 0.2) is 49.6 Å². The van der Waals surface area contributed by atoms with Gasteiger partial charge in [-0.1, -0.05) is 35.9 Å². The molecule has 3 saturated heterocycles. The van der Waals surface area contributed by atoms with Crippen LogP contribution in [0.1, 0.15) is 44.9 Å². The Balaban J connectivity index is 1.67. The molecule has 3 heterocycles. The number of para-hydroxylation sites is 1. The zero-order valence-electron chi connectivity index (χ0n) is 21.7.